The molecule has 1 amide bonds. The Morgan fingerprint density at radius 3 is 2.17 bits per heavy atom. The van der Waals surface area contributed by atoms with E-state index in [0.717, 1.165) is 6.26 Å². The van der Waals surface area contributed by atoms with Gasteiger partial charge < -0.3 is 9.64 Å². The Bertz CT molecular complexity index is 339. The summed E-state index contributed by atoms with van der Waals surface area (Å²) in [4.78, 5) is 13.5. The minimum atomic E-state index is -3.36. The van der Waals surface area contributed by atoms with Crippen molar-refractivity contribution in [3.63, 3.8) is 0 Å². The molecule has 0 bridgehead atoms. The monoisotopic (exact) mass is 280 g/mol. The van der Waals surface area contributed by atoms with Crippen LogP contribution < -0.4 is 0 Å². The fraction of sp³-hybridized carbons (Fsp3) is 0.909. The number of carbonyl (C=O) groups is 1. The molecule has 0 unspecified atom stereocenters. The maximum Gasteiger partial charge on any atom is 0.237 e. The van der Waals surface area contributed by atoms with Crippen LogP contribution in [0.15, 0.2) is 0 Å². The maximum atomic E-state index is 11.9. The lowest BCUT2D eigenvalue weighted by atomic mass is 10.4. The number of hydrogen-bond donors (Lipinski definition) is 0. The fourth-order valence-electron chi connectivity index (χ4n) is 1.57. The van der Waals surface area contributed by atoms with Gasteiger partial charge in [0.2, 0.25) is 15.9 Å². The van der Waals surface area contributed by atoms with E-state index in [1.165, 1.54) is 4.31 Å². The lowest BCUT2D eigenvalue weighted by molar-refractivity contribution is -0.131. The number of ether oxygens (including phenoxy) is 1. The van der Waals surface area contributed by atoms with Crippen LogP contribution in [0.4, 0.5) is 0 Å². The summed E-state index contributed by atoms with van der Waals surface area (Å²) in [7, 11) is -1.80. The predicted octanol–water partition coefficient (Wildman–Crippen LogP) is 0.153. The van der Waals surface area contributed by atoms with Crippen molar-refractivity contribution in [3.05, 3.63) is 0 Å². The molecule has 0 rings (SSSR count). The smallest absolute Gasteiger partial charge is 0.237 e. The molecule has 0 aromatic heterocycles. The molecule has 0 saturated carbocycles. The van der Waals surface area contributed by atoms with Crippen LogP contribution in [0.5, 0.6) is 0 Å². The highest BCUT2D eigenvalue weighted by atomic mass is 32.2. The molecule has 6 nitrogen and oxygen atoms in total. The lowest BCUT2D eigenvalue weighted by Crippen LogP contribution is -2.43. The number of amides is 1. The molecule has 18 heavy (non-hydrogen) atoms. The second kappa shape index (κ2) is 8.44. The molecule has 0 aliphatic carbocycles. The fourth-order valence-corrected chi connectivity index (χ4v) is 2.38. The van der Waals surface area contributed by atoms with Crippen LogP contribution in [-0.2, 0) is 19.6 Å². The van der Waals surface area contributed by atoms with Crippen molar-refractivity contribution >= 4 is 15.9 Å². The van der Waals surface area contributed by atoms with Crippen molar-refractivity contribution < 1.29 is 17.9 Å². The van der Waals surface area contributed by atoms with Gasteiger partial charge in [-0.1, -0.05) is 0 Å². The summed E-state index contributed by atoms with van der Waals surface area (Å²) in [5.41, 5.74) is 0. The highest BCUT2D eigenvalue weighted by Gasteiger charge is 2.21. The normalized spacial score (nSPS) is 11.8. The molecule has 0 spiro atoms. The summed E-state index contributed by atoms with van der Waals surface area (Å²) in [6.07, 6.45) is 1.70. The number of methoxy groups -OCH3 is 1. The van der Waals surface area contributed by atoms with Crippen molar-refractivity contribution in [2.24, 2.45) is 0 Å². The van der Waals surface area contributed by atoms with E-state index in [4.69, 9.17) is 4.74 Å². The summed E-state index contributed by atoms with van der Waals surface area (Å²) >= 11 is 0. The van der Waals surface area contributed by atoms with E-state index in [1.807, 2.05) is 13.8 Å². The minimum absolute atomic E-state index is 0.0930. The highest BCUT2D eigenvalue weighted by Crippen LogP contribution is 2.02. The molecule has 0 N–H and O–H groups in total. The van der Waals surface area contributed by atoms with E-state index >= 15 is 0 Å². The third-order valence-electron chi connectivity index (χ3n) is 2.65. The van der Waals surface area contributed by atoms with E-state index in [-0.39, 0.29) is 12.5 Å². The van der Waals surface area contributed by atoms with Gasteiger partial charge in [0.25, 0.3) is 0 Å². The molecule has 0 aromatic rings. The topological polar surface area (TPSA) is 66.9 Å². The number of rotatable bonds is 9. The molecule has 0 aliphatic heterocycles. The van der Waals surface area contributed by atoms with Crippen LogP contribution in [0.25, 0.3) is 0 Å². The van der Waals surface area contributed by atoms with E-state index in [1.54, 1.807) is 12.0 Å². The molecule has 0 aliphatic rings. The molecule has 108 valence electrons. The van der Waals surface area contributed by atoms with Gasteiger partial charge in [0.15, 0.2) is 0 Å². The molecule has 0 heterocycles. The minimum Gasteiger partial charge on any atom is -0.385 e. The summed E-state index contributed by atoms with van der Waals surface area (Å²) in [6, 6.07) is 0. The van der Waals surface area contributed by atoms with Crippen molar-refractivity contribution in [2.45, 2.75) is 20.3 Å². The zero-order valence-electron chi connectivity index (χ0n) is 11.7. The SMILES string of the molecule is CCN(CC)C(=O)CN(CCCOC)S(C)(=O)=O. The number of nitrogens with zero attached hydrogens (tertiary/aromatic N) is 2. The zero-order valence-corrected chi connectivity index (χ0v) is 12.5. The Labute approximate surface area is 110 Å². The van der Waals surface area contributed by atoms with Crippen molar-refractivity contribution in [3.8, 4) is 0 Å². The van der Waals surface area contributed by atoms with Gasteiger partial charge in [0, 0.05) is 33.4 Å². The van der Waals surface area contributed by atoms with E-state index in [2.05, 4.69) is 0 Å². The highest BCUT2D eigenvalue weighted by molar-refractivity contribution is 7.88. The largest absolute Gasteiger partial charge is 0.385 e. The van der Waals surface area contributed by atoms with Gasteiger partial charge in [-0.3, -0.25) is 4.79 Å². The maximum absolute atomic E-state index is 11.9. The van der Waals surface area contributed by atoms with E-state index in [0.29, 0.717) is 32.7 Å². The van der Waals surface area contributed by atoms with Gasteiger partial charge in [-0.05, 0) is 20.3 Å². The predicted molar refractivity (Wildman–Crippen MR) is 70.8 cm³/mol. The second-order valence-electron chi connectivity index (χ2n) is 4.01. The first-order valence-electron chi connectivity index (χ1n) is 6.08. The van der Waals surface area contributed by atoms with Gasteiger partial charge in [-0.15, -0.1) is 0 Å². The molecule has 0 radical (unpaired) electrons. The number of sulfonamides is 1. The Morgan fingerprint density at radius 2 is 1.78 bits per heavy atom. The summed E-state index contributed by atoms with van der Waals surface area (Å²) in [5, 5.41) is 0. The number of hydrogen-bond acceptors (Lipinski definition) is 4. The number of likely N-dealkylation sites (N-methyl/N-ethyl adjacent to an activating group) is 1. The molecule has 0 fully saturated rings. The molecule has 0 atom stereocenters. The Morgan fingerprint density at radius 1 is 1.22 bits per heavy atom. The van der Waals surface area contributed by atoms with E-state index in [9.17, 15) is 13.2 Å². The van der Waals surface area contributed by atoms with Crippen LogP contribution in [0.1, 0.15) is 20.3 Å². The first kappa shape index (κ1) is 17.3. The Kier molecular flexibility index (Phi) is 8.13. The third kappa shape index (κ3) is 6.32. The van der Waals surface area contributed by atoms with Gasteiger partial charge >= 0.3 is 0 Å². The van der Waals surface area contributed by atoms with Crippen molar-refractivity contribution in [2.75, 3.05) is 46.2 Å². The Balaban J connectivity index is 4.55. The third-order valence-corrected chi connectivity index (χ3v) is 3.90. The summed E-state index contributed by atoms with van der Waals surface area (Å²) in [5.74, 6) is -0.164. The molecule has 0 aromatic carbocycles. The van der Waals surface area contributed by atoms with E-state index < -0.39 is 10.0 Å². The molecule has 7 heteroatoms. The van der Waals surface area contributed by atoms with Crippen LogP contribution in [0.3, 0.4) is 0 Å². The number of carbonyl (C=O) groups excluding carboxylic acids is 1. The quantitative estimate of drug-likeness (QED) is 0.564. The van der Waals surface area contributed by atoms with Crippen LogP contribution in [0, 0.1) is 0 Å². The van der Waals surface area contributed by atoms with Crippen LogP contribution in [-0.4, -0.2) is 69.7 Å². The Hall–Kier alpha value is -0.660. The van der Waals surface area contributed by atoms with Gasteiger partial charge in [0.1, 0.15) is 0 Å². The summed E-state index contributed by atoms with van der Waals surface area (Å²) < 4.78 is 29.2. The zero-order chi connectivity index (χ0) is 14.2. The first-order valence-corrected chi connectivity index (χ1v) is 7.93. The van der Waals surface area contributed by atoms with Crippen molar-refractivity contribution in [1.82, 2.24) is 9.21 Å². The van der Waals surface area contributed by atoms with Crippen LogP contribution in [0.2, 0.25) is 0 Å². The molecular weight excluding hydrogens is 256 g/mol. The standard InChI is InChI=1S/C11H24N2O4S/c1-5-12(6-2)11(14)10-13(18(4,15)16)8-7-9-17-3/h5-10H2,1-4H3. The van der Waals surface area contributed by atoms with Gasteiger partial charge in [-0.25, -0.2) is 8.42 Å². The molecular formula is C11H24N2O4S. The van der Waals surface area contributed by atoms with Gasteiger partial charge in [-0.2, -0.15) is 4.31 Å². The second-order valence-corrected chi connectivity index (χ2v) is 5.99. The van der Waals surface area contributed by atoms with Crippen molar-refractivity contribution in [1.29, 1.82) is 0 Å². The average molecular weight is 280 g/mol. The summed E-state index contributed by atoms with van der Waals surface area (Å²) in [6.45, 7) is 5.61. The van der Waals surface area contributed by atoms with Crippen LogP contribution >= 0.6 is 0 Å². The lowest BCUT2D eigenvalue weighted by Gasteiger charge is -2.24. The first-order chi connectivity index (χ1) is 8.36. The van der Waals surface area contributed by atoms with Gasteiger partial charge in [0.05, 0.1) is 12.8 Å². The molecule has 0 saturated heterocycles. The average Bonchev–Trinajstić information content (AvgIpc) is 2.28.